The Kier molecular flexibility index (Phi) is 9.37. The van der Waals surface area contributed by atoms with Crippen LogP contribution in [0.15, 0.2) is 49.1 Å². The Bertz CT molecular complexity index is 1550. The molecule has 0 N–H and O–H groups in total. The number of likely N-dealkylation sites (tertiary alicyclic amines) is 1. The highest BCUT2D eigenvalue weighted by molar-refractivity contribution is 7.59. The first-order valence-electron chi connectivity index (χ1n) is 14.7. The van der Waals surface area contributed by atoms with Gasteiger partial charge in [-0.2, -0.15) is 28.7 Å². The highest BCUT2D eigenvalue weighted by Gasteiger charge is 2.33. The quantitative estimate of drug-likeness (QED) is 0.374. The van der Waals surface area contributed by atoms with Gasteiger partial charge in [0.05, 0.1) is 30.8 Å². The number of likely N-dealkylation sites (N-methyl/N-ethyl adjacent to an activating group) is 1. The topological polar surface area (TPSA) is 88.8 Å². The number of fused-ring (bicyclic) bond motifs is 2. The minimum atomic E-state index is -0.257. The van der Waals surface area contributed by atoms with E-state index < -0.39 is 0 Å². The minimum absolute atomic E-state index is 0. The van der Waals surface area contributed by atoms with E-state index in [-0.39, 0.29) is 37.7 Å². The summed E-state index contributed by atoms with van der Waals surface area (Å²) in [5.41, 5.74) is 3.02. The molecule has 4 heterocycles. The Morgan fingerprint density at radius 3 is 2.79 bits per heavy atom. The van der Waals surface area contributed by atoms with Gasteiger partial charge in [0.1, 0.15) is 18.2 Å². The summed E-state index contributed by atoms with van der Waals surface area (Å²) in [6.07, 6.45) is 4.51. The summed E-state index contributed by atoms with van der Waals surface area (Å²) in [7, 11) is 2.12. The summed E-state index contributed by atoms with van der Waals surface area (Å²) < 4.78 is 20.2. The maximum atomic E-state index is 14.0. The van der Waals surface area contributed by atoms with Crippen LogP contribution >= 0.6 is 13.5 Å². The largest absolute Gasteiger partial charge is 0.462 e. The van der Waals surface area contributed by atoms with Crippen molar-refractivity contribution in [3.63, 3.8) is 0 Å². The van der Waals surface area contributed by atoms with Crippen molar-refractivity contribution in [1.29, 1.82) is 5.26 Å². The van der Waals surface area contributed by atoms with Gasteiger partial charge in [-0.05, 0) is 68.6 Å². The molecule has 0 saturated carbocycles. The lowest BCUT2D eigenvalue weighted by atomic mass is 10.0. The highest BCUT2D eigenvalue weighted by atomic mass is 32.1. The Morgan fingerprint density at radius 1 is 1.16 bits per heavy atom. The van der Waals surface area contributed by atoms with Crippen LogP contribution in [0.4, 0.5) is 15.9 Å². The van der Waals surface area contributed by atoms with Gasteiger partial charge in [-0.15, -0.1) is 0 Å². The molecule has 2 atom stereocenters. The second kappa shape index (κ2) is 13.2. The zero-order valence-electron chi connectivity index (χ0n) is 24.5. The van der Waals surface area contributed by atoms with Gasteiger partial charge in [-0.1, -0.05) is 18.7 Å². The number of hydrogen-bond acceptors (Lipinski definition) is 8. The number of hydrogen-bond donors (Lipinski definition) is 0. The second-order valence-electron chi connectivity index (χ2n) is 11.4. The van der Waals surface area contributed by atoms with E-state index in [0.717, 1.165) is 65.9 Å². The van der Waals surface area contributed by atoms with Gasteiger partial charge in [0, 0.05) is 48.9 Å². The van der Waals surface area contributed by atoms with Crippen molar-refractivity contribution in [3.8, 4) is 12.1 Å². The highest BCUT2D eigenvalue weighted by Crippen LogP contribution is 2.35. The molecule has 2 aromatic carbocycles. The van der Waals surface area contributed by atoms with Gasteiger partial charge < -0.3 is 24.3 Å². The number of aromatic nitrogens is 2. The number of amides is 1. The molecule has 0 bridgehead atoms. The summed E-state index contributed by atoms with van der Waals surface area (Å²) in [4.78, 5) is 30.9. The van der Waals surface area contributed by atoms with Crippen molar-refractivity contribution >= 4 is 41.7 Å². The fourth-order valence-electron chi connectivity index (χ4n) is 6.53. The Labute approximate surface area is 259 Å². The van der Waals surface area contributed by atoms with E-state index in [9.17, 15) is 14.4 Å². The van der Waals surface area contributed by atoms with Gasteiger partial charge in [0.25, 0.3) is 0 Å². The normalized spacial score (nSPS) is 20.3. The SMILES string of the molecule is C=CC(=O)N1CCN(c2nc(OC[C@@H]3CCCN3C)nc3c2CCN(c2cccc4cc(F)ccc24)C3)CC1CC#N.S. The number of carbonyl (C=O) groups is 1. The van der Waals surface area contributed by atoms with Crippen LogP contribution in [0.25, 0.3) is 10.8 Å². The zero-order chi connectivity index (χ0) is 29.2. The van der Waals surface area contributed by atoms with E-state index >= 15 is 0 Å². The summed E-state index contributed by atoms with van der Waals surface area (Å²) in [6.45, 7) is 8.11. The summed E-state index contributed by atoms with van der Waals surface area (Å²) in [5.74, 6) is 0.415. The van der Waals surface area contributed by atoms with Crippen molar-refractivity contribution in [1.82, 2.24) is 19.8 Å². The van der Waals surface area contributed by atoms with E-state index in [0.29, 0.717) is 44.8 Å². The van der Waals surface area contributed by atoms with E-state index in [1.54, 1.807) is 11.0 Å². The molecule has 9 nitrogen and oxygen atoms in total. The molecule has 43 heavy (non-hydrogen) atoms. The second-order valence-corrected chi connectivity index (χ2v) is 11.4. The fraction of sp³-hybridized carbons (Fsp3) is 0.438. The Balaban J connectivity index is 0.00000368. The van der Waals surface area contributed by atoms with Crippen LogP contribution in [0.3, 0.4) is 0 Å². The Morgan fingerprint density at radius 2 is 2.02 bits per heavy atom. The number of benzene rings is 2. The maximum absolute atomic E-state index is 14.0. The molecule has 3 aromatic rings. The average molecular weight is 604 g/mol. The molecule has 0 spiro atoms. The van der Waals surface area contributed by atoms with E-state index in [1.165, 1.54) is 12.1 Å². The molecule has 3 aliphatic rings. The molecule has 2 saturated heterocycles. The Hall–Kier alpha value is -3.88. The monoisotopic (exact) mass is 603 g/mol. The maximum Gasteiger partial charge on any atom is 0.318 e. The number of anilines is 2. The molecule has 2 fully saturated rings. The lowest BCUT2D eigenvalue weighted by molar-refractivity contribution is -0.128. The van der Waals surface area contributed by atoms with Crippen LogP contribution in [0.1, 0.15) is 30.5 Å². The van der Waals surface area contributed by atoms with Crippen LogP contribution in [0, 0.1) is 17.1 Å². The van der Waals surface area contributed by atoms with Crippen LogP contribution in [0.2, 0.25) is 0 Å². The third-order valence-corrected chi connectivity index (χ3v) is 8.83. The molecule has 11 heteroatoms. The van der Waals surface area contributed by atoms with Crippen molar-refractivity contribution in [3.05, 3.63) is 66.1 Å². The third kappa shape index (κ3) is 6.26. The van der Waals surface area contributed by atoms with E-state index in [1.807, 2.05) is 18.2 Å². The van der Waals surface area contributed by atoms with E-state index in [4.69, 9.17) is 14.7 Å². The van der Waals surface area contributed by atoms with Crippen molar-refractivity contribution < 1.29 is 13.9 Å². The summed E-state index contributed by atoms with van der Waals surface area (Å²) >= 11 is 0. The standard InChI is InChI=1S/C32H36FN7O2.H2S/c1-3-30(41)40-17-16-39(19-24(40)11-13-34)31-27-12-15-38(29-8-4-6-22-18-23(33)9-10-26(22)29)20-28(27)35-32(36-31)42-21-25-7-5-14-37(25)2;/h3-4,6,8-10,18,24-25H,1,5,7,11-12,14-17,19-21H2,2H3;1H2/t24?,25-;/m0./s1. The van der Waals surface area contributed by atoms with Gasteiger partial charge in [0.15, 0.2) is 0 Å². The number of carbonyl (C=O) groups excluding carboxylic acids is 1. The molecule has 0 radical (unpaired) electrons. The van der Waals surface area contributed by atoms with E-state index in [2.05, 4.69) is 40.5 Å². The van der Waals surface area contributed by atoms with Gasteiger partial charge in [-0.3, -0.25) is 4.79 Å². The lowest BCUT2D eigenvalue weighted by Gasteiger charge is -2.42. The smallest absolute Gasteiger partial charge is 0.318 e. The number of piperazine rings is 1. The van der Waals surface area contributed by atoms with Crippen LogP contribution in [-0.2, 0) is 17.8 Å². The van der Waals surface area contributed by atoms with Gasteiger partial charge in [-0.25, -0.2) is 4.39 Å². The number of halogens is 1. The average Bonchev–Trinajstić information content (AvgIpc) is 3.42. The first-order valence-corrected chi connectivity index (χ1v) is 14.7. The summed E-state index contributed by atoms with van der Waals surface area (Å²) in [5, 5.41) is 11.4. The van der Waals surface area contributed by atoms with Gasteiger partial charge >= 0.3 is 6.01 Å². The van der Waals surface area contributed by atoms with Crippen molar-refractivity contribution in [2.75, 3.05) is 56.2 Å². The molecule has 0 aliphatic carbocycles. The minimum Gasteiger partial charge on any atom is -0.462 e. The number of ether oxygens (including phenoxy) is 1. The zero-order valence-corrected chi connectivity index (χ0v) is 25.5. The number of rotatable bonds is 7. The lowest BCUT2D eigenvalue weighted by Crippen LogP contribution is -2.55. The molecular formula is C32H38FN7O2S. The van der Waals surface area contributed by atoms with Crippen LogP contribution in [0.5, 0.6) is 6.01 Å². The predicted octanol–water partition coefficient (Wildman–Crippen LogP) is 4.03. The first-order chi connectivity index (χ1) is 20.4. The predicted molar refractivity (Wildman–Crippen MR) is 170 cm³/mol. The van der Waals surface area contributed by atoms with Crippen LogP contribution in [-0.4, -0.2) is 84.1 Å². The molecule has 3 aliphatic heterocycles. The molecule has 1 unspecified atom stereocenters. The van der Waals surface area contributed by atoms with Crippen LogP contribution < -0.4 is 14.5 Å². The first kappa shape index (κ1) is 30.6. The number of nitriles is 1. The molecule has 1 aromatic heterocycles. The number of nitrogens with zero attached hydrogens (tertiary/aromatic N) is 7. The van der Waals surface area contributed by atoms with Crippen molar-refractivity contribution in [2.24, 2.45) is 0 Å². The molecule has 1 amide bonds. The fourth-order valence-corrected chi connectivity index (χ4v) is 6.53. The third-order valence-electron chi connectivity index (χ3n) is 8.83. The van der Waals surface area contributed by atoms with Crippen molar-refractivity contribution in [2.45, 2.75) is 44.3 Å². The molecular weight excluding hydrogens is 565 g/mol. The molecule has 6 rings (SSSR count). The molecule has 226 valence electrons. The summed E-state index contributed by atoms with van der Waals surface area (Å²) in [6, 6.07) is 13.5. The van der Waals surface area contributed by atoms with Gasteiger partial charge in [0.2, 0.25) is 5.91 Å².